The highest BCUT2D eigenvalue weighted by Crippen LogP contribution is 2.39. The highest BCUT2D eigenvalue weighted by Gasteiger charge is 2.43. The largest absolute Gasteiger partial charge is 0.481 e. The third-order valence-electron chi connectivity index (χ3n) is 3.82. The van der Waals surface area contributed by atoms with Gasteiger partial charge in [-0.05, 0) is 5.56 Å². The molecule has 1 aliphatic carbocycles. The highest BCUT2D eigenvalue weighted by atomic mass is 32.2. The van der Waals surface area contributed by atoms with E-state index in [1.54, 1.807) is 24.3 Å². The van der Waals surface area contributed by atoms with Crippen molar-refractivity contribution in [2.75, 3.05) is 11.5 Å². The maximum Gasteiger partial charge on any atom is 0.327 e. The molecule has 2 rings (SSSR count). The Morgan fingerprint density at radius 1 is 1.25 bits per heavy atom. The second kappa shape index (κ2) is 7.48. The number of nitrogens with one attached hydrogen (secondary N) is 1. The van der Waals surface area contributed by atoms with E-state index in [2.05, 4.69) is 5.32 Å². The average molecular weight is 351 g/mol. The highest BCUT2D eigenvalue weighted by molar-refractivity contribution is 7.99. The van der Waals surface area contributed by atoms with Crippen molar-refractivity contribution in [2.45, 2.75) is 18.9 Å². The topological polar surface area (TPSA) is 121 Å². The van der Waals surface area contributed by atoms with Crippen molar-refractivity contribution in [1.29, 1.82) is 0 Å². The molecule has 0 aromatic heterocycles. The molecule has 3 atom stereocenters. The van der Waals surface area contributed by atoms with Crippen LogP contribution in [0.3, 0.4) is 0 Å². The Bertz CT molecular complexity index is 689. The number of thioether (sulfide) groups is 1. The van der Waals surface area contributed by atoms with E-state index in [0.29, 0.717) is 11.1 Å². The fourth-order valence-electron chi connectivity index (χ4n) is 2.77. The molecule has 1 aliphatic rings. The summed E-state index contributed by atoms with van der Waals surface area (Å²) in [7, 11) is 0. The lowest BCUT2D eigenvalue weighted by Crippen LogP contribution is -2.41. The minimum Gasteiger partial charge on any atom is -0.481 e. The number of Topliss-reactive ketones (excluding diaryl/α,β-unsaturated/α-hetero) is 1. The molecular weight excluding hydrogens is 334 g/mol. The standard InChI is InChI=1S/C16H17NO6S/c1-8(18)17-12(15(20)21)7-24-6-11-13(16(22)23)9-4-2-3-5-10(9)14(11)19/h2-5,11-13H,6-7H2,1H3,(H,17,18)(H,20,21)(H,22,23)/t11?,12-,13?/m0/s1. The quantitative estimate of drug-likeness (QED) is 0.670. The number of carbonyl (C=O) groups is 4. The van der Waals surface area contributed by atoms with Gasteiger partial charge >= 0.3 is 11.9 Å². The number of carboxylic acids is 2. The predicted octanol–water partition coefficient (Wildman–Crippen LogP) is 0.990. The van der Waals surface area contributed by atoms with Crippen LogP contribution >= 0.6 is 11.8 Å². The minimum atomic E-state index is -1.17. The van der Waals surface area contributed by atoms with Gasteiger partial charge in [-0.2, -0.15) is 11.8 Å². The summed E-state index contributed by atoms with van der Waals surface area (Å²) in [4.78, 5) is 46.1. The molecule has 0 saturated heterocycles. The van der Waals surface area contributed by atoms with Crippen LogP contribution < -0.4 is 5.32 Å². The summed E-state index contributed by atoms with van der Waals surface area (Å²) in [6.45, 7) is 1.22. The summed E-state index contributed by atoms with van der Waals surface area (Å²) in [5.74, 6) is -4.38. The van der Waals surface area contributed by atoms with Crippen LogP contribution in [0.5, 0.6) is 0 Å². The van der Waals surface area contributed by atoms with E-state index < -0.39 is 35.7 Å². The van der Waals surface area contributed by atoms with Crippen molar-refractivity contribution in [3.05, 3.63) is 35.4 Å². The molecule has 2 unspecified atom stereocenters. The van der Waals surface area contributed by atoms with Gasteiger partial charge in [0.25, 0.3) is 0 Å². The Morgan fingerprint density at radius 2 is 1.92 bits per heavy atom. The fraction of sp³-hybridized carbons (Fsp3) is 0.375. The molecular formula is C16H17NO6S. The minimum absolute atomic E-state index is 0.0569. The van der Waals surface area contributed by atoms with E-state index >= 15 is 0 Å². The van der Waals surface area contributed by atoms with Gasteiger partial charge in [-0.1, -0.05) is 24.3 Å². The third-order valence-corrected chi connectivity index (χ3v) is 4.99. The first-order chi connectivity index (χ1) is 11.3. The van der Waals surface area contributed by atoms with Crippen LogP contribution in [0.25, 0.3) is 0 Å². The number of aliphatic carboxylic acids is 2. The van der Waals surface area contributed by atoms with Crippen LogP contribution in [-0.4, -0.2) is 51.4 Å². The summed E-state index contributed by atoms with van der Waals surface area (Å²) >= 11 is 1.14. The van der Waals surface area contributed by atoms with Crippen molar-refractivity contribution in [1.82, 2.24) is 5.32 Å². The third kappa shape index (κ3) is 3.76. The molecule has 0 fully saturated rings. The van der Waals surface area contributed by atoms with E-state index in [1.807, 2.05) is 0 Å². The molecule has 3 N–H and O–H groups in total. The second-order valence-electron chi connectivity index (χ2n) is 5.50. The Balaban J connectivity index is 2.07. The number of hydrogen-bond acceptors (Lipinski definition) is 5. The summed E-state index contributed by atoms with van der Waals surface area (Å²) in [6, 6.07) is 5.54. The van der Waals surface area contributed by atoms with Gasteiger partial charge in [0.2, 0.25) is 5.91 Å². The lowest BCUT2D eigenvalue weighted by atomic mass is 9.94. The van der Waals surface area contributed by atoms with Gasteiger partial charge < -0.3 is 15.5 Å². The van der Waals surface area contributed by atoms with E-state index in [-0.39, 0.29) is 17.3 Å². The number of amides is 1. The number of ketones is 1. The van der Waals surface area contributed by atoms with Gasteiger partial charge in [0.15, 0.2) is 5.78 Å². The van der Waals surface area contributed by atoms with Gasteiger partial charge in [0.05, 0.1) is 5.92 Å². The van der Waals surface area contributed by atoms with E-state index in [9.17, 15) is 24.3 Å². The summed E-state index contributed by atoms with van der Waals surface area (Å²) < 4.78 is 0. The van der Waals surface area contributed by atoms with Crippen molar-refractivity contribution in [3.63, 3.8) is 0 Å². The first kappa shape index (κ1) is 18.0. The maximum atomic E-state index is 12.4. The number of hydrogen-bond donors (Lipinski definition) is 3. The Morgan fingerprint density at radius 3 is 2.50 bits per heavy atom. The van der Waals surface area contributed by atoms with Crippen molar-refractivity contribution in [3.8, 4) is 0 Å². The van der Waals surface area contributed by atoms with Crippen LogP contribution in [0.1, 0.15) is 28.8 Å². The summed E-state index contributed by atoms with van der Waals surface area (Å²) in [5.41, 5.74) is 0.907. The first-order valence-electron chi connectivity index (χ1n) is 7.26. The monoisotopic (exact) mass is 351 g/mol. The van der Waals surface area contributed by atoms with Gasteiger partial charge in [-0.3, -0.25) is 14.4 Å². The van der Waals surface area contributed by atoms with Crippen LogP contribution in [0.15, 0.2) is 24.3 Å². The second-order valence-corrected chi connectivity index (χ2v) is 6.58. The number of benzene rings is 1. The van der Waals surface area contributed by atoms with Crippen molar-refractivity contribution >= 4 is 35.4 Å². The molecule has 1 aromatic carbocycles. The molecule has 128 valence electrons. The van der Waals surface area contributed by atoms with Crippen LogP contribution in [0.4, 0.5) is 0 Å². The molecule has 0 radical (unpaired) electrons. The van der Waals surface area contributed by atoms with Crippen LogP contribution in [-0.2, 0) is 14.4 Å². The predicted molar refractivity (Wildman–Crippen MR) is 87.2 cm³/mol. The van der Waals surface area contributed by atoms with Gasteiger partial charge in [-0.25, -0.2) is 4.79 Å². The summed E-state index contributed by atoms with van der Waals surface area (Å²) in [5, 5.41) is 20.8. The average Bonchev–Trinajstić information content (AvgIpc) is 2.79. The molecule has 0 aliphatic heterocycles. The Labute approximate surface area is 142 Å². The molecule has 8 heteroatoms. The van der Waals surface area contributed by atoms with E-state index in [4.69, 9.17) is 5.11 Å². The fourth-order valence-corrected chi connectivity index (χ4v) is 3.97. The van der Waals surface area contributed by atoms with E-state index in [0.717, 1.165) is 11.8 Å². The van der Waals surface area contributed by atoms with Crippen molar-refractivity contribution < 1.29 is 29.4 Å². The molecule has 24 heavy (non-hydrogen) atoms. The zero-order valence-electron chi connectivity index (χ0n) is 12.9. The van der Waals surface area contributed by atoms with Crippen LogP contribution in [0.2, 0.25) is 0 Å². The zero-order valence-corrected chi connectivity index (χ0v) is 13.7. The Hall–Kier alpha value is -2.35. The molecule has 7 nitrogen and oxygen atoms in total. The maximum absolute atomic E-state index is 12.4. The molecule has 0 heterocycles. The van der Waals surface area contributed by atoms with Gasteiger partial charge in [0, 0.05) is 29.9 Å². The molecule has 1 aromatic rings. The summed E-state index contributed by atoms with van der Waals surface area (Å²) in [6.07, 6.45) is 0. The first-order valence-corrected chi connectivity index (χ1v) is 8.42. The van der Waals surface area contributed by atoms with Gasteiger partial charge in [-0.15, -0.1) is 0 Å². The van der Waals surface area contributed by atoms with Gasteiger partial charge in [0.1, 0.15) is 6.04 Å². The lowest BCUT2D eigenvalue weighted by Gasteiger charge is -2.17. The number of rotatable bonds is 7. The van der Waals surface area contributed by atoms with Crippen LogP contribution in [0, 0.1) is 5.92 Å². The number of fused-ring (bicyclic) bond motifs is 1. The Kier molecular flexibility index (Phi) is 5.61. The molecule has 1 amide bonds. The van der Waals surface area contributed by atoms with Crippen molar-refractivity contribution in [2.24, 2.45) is 5.92 Å². The normalized spacial score (nSPS) is 20.3. The smallest absolute Gasteiger partial charge is 0.327 e. The number of carbonyl (C=O) groups excluding carboxylic acids is 2. The lowest BCUT2D eigenvalue weighted by molar-refractivity contribution is -0.141. The zero-order chi connectivity index (χ0) is 17.9. The SMILES string of the molecule is CC(=O)N[C@@H](CSCC1C(=O)c2ccccc2C1C(=O)O)C(=O)O. The molecule has 0 saturated carbocycles. The molecule has 0 spiro atoms. The van der Waals surface area contributed by atoms with E-state index in [1.165, 1.54) is 6.92 Å². The molecule has 0 bridgehead atoms. The number of carboxylic acid groups (broad SMARTS) is 2.